The molecule has 0 aromatic heterocycles. The molecule has 0 saturated carbocycles. The van der Waals surface area contributed by atoms with Crippen LogP contribution >= 0.6 is 11.8 Å². The molecule has 150 valence electrons. The number of hydrogen-bond acceptors (Lipinski definition) is 8. The lowest BCUT2D eigenvalue weighted by molar-refractivity contribution is -0.181. The van der Waals surface area contributed by atoms with Crippen LogP contribution in [0.1, 0.15) is 6.92 Å². The number of esters is 1. The highest BCUT2D eigenvalue weighted by Crippen LogP contribution is 2.32. The minimum Gasteiger partial charge on any atom is -0.484 e. The van der Waals surface area contributed by atoms with Gasteiger partial charge in [-0.1, -0.05) is 42.6 Å². The summed E-state index contributed by atoms with van der Waals surface area (Å²) >= 11 is 0.710. The third kappa shape index (κ3) is 5.33. The summed E-state index contributed by atoms with van der Waals surface area (Å²) in [5.74, 6) is -1.87. The molecule has 28 heavy (non-hydrogen) atoms. The molecule has 10 heteroatoms. The Labute approximate surface area is 165 Å². The Balaban J connectivity index is 1.98. The second-order valence-electron chi connectivity index (χ2n) is 5.68. The molecule has 1 fully saturated rings. The van der Waals surface area contributed by atoms with Crippen molar-refractivity contribution < 1.29 is 33.8 Å². The van der Waals surface area contributed by atoms with Crippen LogP contribution in [0.15, 0.2) is 43.0 Å². The Bertz CT molecular complexity index is 756. The SMILES string of the molecule is C=CCOC(=O)C(O)N1C(=O)C(NC(=O)COc2ccccc2)[C@@H]1SC(C)=O. The Morgan fingerprint density at radius 2 is 2.04 bits per heavy atom. The monoisotopic (exact) mass is 408 g/mol. The second kappa shape index (κ2) is 9.90. The number of nitrogens with zero attached hydrogens (tertiary/aromatic N) is 1. The number of carbonyl (C=O) groups is 4. The number of likely N-dealkylation sites (tertiary alicyclic amines) is 1. The van der Waals surface area contributed by atoms with Crippen molar-refractivity contribution >= 4 is 34.7 Å². The second-order valence-corrected chi connectivity index (χ2v) is 6.98. The number of hydrogen-bond donors (Lipinski definition) is 2. The van der Waals surface area contributed by atoms with Crippen LogP contribution in [0.25, 0.3) is 0 Å². The van der Waals surface area contributed by atoms with Gasteiger partial charge >= 0.3 is 5.97 Å². The molecular weight excluding hydrogens is 388 g/mol. The first-order valence-electron chi connectivity index (χ1n) is 8.27. The van der Waals surface area contributed by atoms with Crippen LogP contribution in [0.3, 0.4) is 0 Å². The molecule has 1 aliphatic heterocycles. The number of nitrogens with one attached hydrogen (secondary N) is 1. The number of β-lactam (4-membered cyclic amide) rings is 1. The van der Waals surface area contributed by atoms with Gasteiger partial charge in [-0.05, 0) is 12.1 Å². The Hall–Kier alpha value is -2.85. The number of amides is 2. The summed E-state index contributed by atoms with van der Waals surface area (Å²) in [6, 6.07) is 7.54. The molecule has 1 heterocycles. The van der Waals surface area contributed by atoms with Crippen molar-refractivity contribution in [2.75, 3.05) is 13.2 Å². The van der Waals surface area contributed by atoms with E-state index in [1.807, 2.05) is 0 Å². The molecule has 3 atom stereocenters. The Kier molecular flexibility index (Phi) is 7.59. The number of benzene rings is 1. The zero-order valence-electron chi connectivity index (χ0n) is 15.1. The molecule has 9 nitrogen and oxygen atoms in total. The molecule has 0 bridgehead atoms. The van der Waals surface area contributed by atoms with Gasteiger partial charge in [-0.25, -0.2) is 4.79 Å². The van der Waals surface area contributed by atoms with E-state index in [9.17, 15) is 24.3 Å². The van der Waals surface area contributed by atoms with Crippen LogP contribution < -0.4 is 10.1 Å². The standard InChI is InChI=1S/C18H20N2O7S/c1-3-9-26-18(25)16(24)20-15(23)14(17(20)28-11(2)21)19-13(22)10-27-12-7-5-4-6-8-12/h3-8,14,16-17,24H,1,9-10H2,2H3,(H,19,22)/t14?,16?,17-/m0/s1. The lowest BCUT2D eigenvalue weighted by Gasteiger charge is -2.47. The zero-order valence-corrected chi connectivity index (χ0v) is 15.9. The smallest absolute Gasteiger partial charge is 0.356 e. The van der Waals surface area contributed by atoms with Crippen LogP contribution in [0.4, 0.5) is 0 Å². The highest BCUT2D eigenvalue weighted by Gasteiger charge is 2.54. The predicted molar refractivity (Wildman–Crippen MR) is 99.9 cm³/mol. The van der Waals surface area contributed by atoms with Crippen molar-refractivity contribution in [2.24, 2.45) is 0 Å². The number of carbonyl (C=O) groups excluding carboxylic acids is 4. The summed E-state index contributed by atoms with van der Waals surface area (Å²) in [4.78, 5) is 48.5. The fraction of sp³-hybridized carbons (Fsp3) is 0.333. The minimum atomic E-state index is -1.89. The number of ether oxygens (including phenoxy) is 2. The molecule has 1 saturated heterocycles. The van der Waals surface area contributed by atoms with Gasteiger partial charge in [-0.2, -0.15) is 0 Å². The van der Waals surface area contributed by atoms with Gasteiger partial charge in [0.2, 0.25) is 6.23 Å². The van der Waals surface area contributed by atoms with Crippen LogP contribution in [-0.4, -0.2) is 63.8 Å². The first-order valence-corrected chi connectivity index (χ1v) is 9.15. The average Bonchev–Trinajstić information content (AvgIpc) is 2.68. The van der Waals surface area contributed by atoms with Gasteiger partial charge in [0.25, 0.3) is 11.8 Å². The molecule has 0 spiro atoms. The van der Waals surface area contributed by atoms with Gasteiger partial charge in [0.15, 0.2) is 11.7 Å². The van der Waals surface area contributed by atoms with E-state index in [0.29, 0.717) is 17.5 Å². The maximum Gasteiger partial charge on any atom is 0.356 e. The molecule has 2 N–H and O–H groups in total. The highest BCUT2D eigenvalue weighted by molar-refractivity contribution is 8.14. The van der Waals surface area contributed by atoms with Crippen molar-refractivity contribution in [2.45, 2.75) is 24.6 Å². The van der Waals surface area contributed by atoms with Gasteiger partial charge in [-0.15, -0.1) is 0 Å². The molecule has 1 aromatic carbocycles. The van der Waals surface area contributed by atoms with E-state index in [-0.39, 0.29) is 18.3 Å². The van der Waals surface area contributed by atoms with Crippen molar-refractivity contribution in [1.29, 1.82) is 0 Å². The van der Waals surface area contributed by atoms with Crippen LogP contribution in [0.5, 0.6) is 5.75 Å². The molecule has 1 aliphatic rings. The number of para-hydroxylation sites is 1. The van der Waals surface area contributed by atoms with Crippen molar-refractivity contribution in [3.63, 3.8) is 0 Å². The van der Waals surface area contributed by atoms with Crippen LogP contribution in [-0.2, 0) is 23.9 Å². The normalized spacial score (nSPS) is 19.2. The topological polar surface area (TPSA) is 122 Å². The van der Waals surface area contributed by atoms with Gasteiger partial charge < -0.3 is 19.9 Å². The molecule has 2 rings (SSSR count). The Morgan fingerprint density at radius 1 is 1.36 bits per heavy atom. The van der Waals surface area contributed by atoms with Gasteiger partial charge in [0, 0.05) is 6.92 Å². The molecule has 2 unspecified atom stereocenters. The maximum atomic E-state index is 12.3. The van der Waals surface area contributed by atoms with E-state index >= 15 is 0 Å². The van der Waals surface area contributed by atoms with Gasteiger partial charge in [0.1, 0.15) is 23.8 Å². The van der Waals surface area contributed by atoms with E-state index in [1.165, 1.54) is 13.0 Å². The first-order chi connectivity index (χ1) is 13.3. The van der Waals surface area contributed by atoms with E-state index in [4.69, 9.17) is 9.47 Å². The molecule has 0 radical (unpaired) electrons. The highest BCUT2D eigenvalue weighted by atomic mass is 32.2. The number of thioether (sulfide) groups is 1. The van der Waals surface area contributed by atoms with E-state index in [2.05, 4.69) is 11.9 Å². The van der Waals surface area contributed by atoms with Crippen molar-refractivity contribution in [3.05, 3.63) is 43.0 Å². The zero-order chi connectivity index (χ0) is 20.7. The van der Waals surface area contributed by atoms with Crippen molar-refractivity contribution in [3.8, 4) is 5.75 Å². The van der Waals surface area contributed by atoms with Crippen molar-refractivity contribution in [1.82, 2.24) is 10.2 Å². The largest absolute Gasteiger partial charge is 0.484 e. The summed E-state index contributed by atoms with van der Waals surface area (Å²) in [7, 11) is 0. The molecular formula is C18H20N2O7S. The van der Waals surface area contributed by atoms with Gasteiger partial charge in [-0.3, -0.25) is 19.3 Å². The number of aliphatic hydroxyl groups is 1. The average molecular weight is 408 g/mol. The third-order valence-electron chi connectivity index (χ3n) is 3.61. The van der Waals surface area contributed by atoms with E-state index in [0.717, 1.165) is 4.90 Å². The summed E-state index contributed by atoms with van der Waals surface area (Å²) in [5.41, 5.74) is 0. The fourth-order valence-corrected chi connectivity index (χ4v) is 3.38. The van der Waals surface area contributed by atoms with Crippen LogP contribution in [0, 0.1) is 0 Å². The van der Waals surface area contributed by atoms with E-state index in [1.54, 1.807) is 30.3 Å². The fourth-order valence-electron chi connectivity index (χ4n) is 2.38. The van der Waals surface area contributed by atoms with Crippen LogP contribution in [0.2, 0.25) is 0 Å². The number of aliphatic hydroxyl groups excluding tert-OH is 1. The van der Waals surface area contributed by atoms with Gasteiger partial charge in [0.05, 0.1) is 0 Å². The molecule has 0 aliphatic carbocycles. The summed E-state index contributed by atoms with van der Waals surface area (Å²) < 4.78 is 10.0. The summed E-state index contributed by atoms with van der Waals surface area (Å²) in [5, 5.41) is 11.2. The maximum absolute atomic E-state index is 12.3. The molecule has 1 aromatic rings. The lowest BCUT2D eigenvalue weighted by Crippen LogP contribution is -2.73. The predicted octanol–water partition coefficient (Wildman–Crippen LogP) is 0.0458. The first kappa shape index (κ1) is 21.5. The summed E-state index contributed by atoms with van der Waals surface area (Å²) in [6.45, 7) is 4.17. The third-order valence-corrected chi connectivity index (χ3v) is 4.69. The Morgan fingerprint density at radius 3 is 2.64 bits per heavy atom. The van der Waals surface area contributed by atoms with E-state index < -0.39 is 35.4 Å². The molecule has 2 amide bonds. The summed E-state index contributed by atoms with van der Waals surface area (Å²) in [6.07, 6.45) is -0.585. The minimum absolute atomic E-state index is 0.139. The number of rotatable bonds is 9. The quantitative estimate of drug-likeness (QED) is 0.334. The lowest BCUT2D eigenvalue weighted by atomic mass is 10.1.